The molecule has 0 spiro atoms. The van der Waals surface area contributed by atoms with E-state index in [0.717, 1.165) is 55.4 Å². The number of ether oxygens (including phenoxy) is 11. The Balaban J connectivity index is 2.78. The number of carbonyl (C=O) groups excluding carboxylic acids is 8. The second-order valence-corrected chi connectivity index (χ2v) is 10.7. The molecule has 0 aromatic rings. The molecule has 0 unspecified atom stereocenters. The highest BCUT2D eigenvalue weighted by atomic mass is 16.8. The van der Waals surface area contributed by atoms with Gasteiger partial charge in [-0.2, -0.15) is 0 Å². The fraction of sp³-hybridized carbons (Fsp3) is 0.724. The van der Waals surface area contributed by atoms with Gasteiger partial charge < -0.3 is 52.1 Å². The van der Waals surface area contributed by atoms with E-state index in [1.807, 2.05) is 0 Å². The summed E-state index contributed by atoms with van der Waals surface area (Å²) in [4.78, 5) is 96.4. The van der Waals surface area contributed by atoms with E-state index < -0.39 is 129 Å². The third-order valence-electron chi connectivity index (χ3n) is 6.61. The van der Waals surface area contributed by atoms with Gasteiger partial charge in [0.1, 0.15) is 38.6 Å². The smallest absolute Gasteiger partial charge is 0.303 e. The van der Waals surface area contributed by atoms with Gasteiger partial charge in [-0.1, -0.05) is 0 Å². The van der Waals surface area contributed by atoms with Crippen molar-refractivity contribution < 1.29 is 90.5 Å². The van der Waals surface area contributed by atoms with Crippen LogP contribution in [-0.2, 0) is 90.5 Å². The van der Waals surface area contributed by atoms with Gasteiger partial charge in [-0.3, -0.25) is 38.4 Å². The third kappa shape index (κ3) is 11.7. The van der Waals surface area contributed by atoms with Gasteiger partial charge in [0.25, 0.3) is 0 Å². The van der Waals surface area contributed by atoms with Gasteiger partial charge in [-0.05, 0) is 0 Å². The number of esters is 8. The van der Waals surface area contributed by atoms with E-state index in [2.05, 4.69) is 0 Å². The molecular weight excluding hydrogens is 652 g/mol. The van der Waals surface area contributed by atoms with Gasteiger partial charge >= 0.3 is 47.8 Å². The quantitative estimate of drug-likeness (QED) is 0.163. The first kappa shape index (κ1) is 39.8. The van der Waals surface area contributed by atoms with E-state index in [-0.39, 0.29) is 0 Å². The van der Waals surface area contributed by atoms with Crippen molar-refractivity contribution in [2.75, 3.05) is 26.4 Å². The van der Waals surface area contributed by atoms with E-state index in [1.54, 1.807) is 0 Å². The summed E-state index contributed by atoms with van der Waals surface area (Å²) in [5.74, 6) is -10.3. The number of rotatable bonds is 14. The molecule has 19 heteroatoms. The maximum absolute atomic E-state index is 12.4. The highest BCUT2D eigenvalue weighted by molar-refractivity contribution is 5.69. The Kier molecular flexibility index (Phi) is 14.7. The molecule has 0 aromatic heterocycles. The normalized spacial score (nSPS) is 29.4. The first-order chi connectivity index (χ1) is 22.3. The fourth-order valence-corrected chi connectivity index (χ4v) is 4.98. The molecular formula is C29H40O19. The van der Waals surface area contributed by atoms with E-state index >= 15 is 0 Å². The first-order valence-electron chi connectivity index (χ1n) is 14.6. The molecule has 0 aliphatic carbocycles. The van der Waals surface area contributed by atoms with E-state index in [9.17, 15) is 38.4 Å². The van der Waals surface area contributed by atoms with Crippen LogP contribution in [0.15, 0.2) is 0 Å². The Morgan fingerprint density at radius 2 is 0.938 bits per heavy atom. The number of hydrogen-bond acceptors (Lipinski definition) is 19. The Hall–Kier alpha value is -4.36. The zero-order chi connectivity index (χ0) is 36.3. The highest BCUT2D eigenvalue weighted by Gasteiger charge is 2.63. The average Bonchev–Trinajstić information content (AvgIpc) is 3.22. The van der Waals surface area contributed by atoms with Crippen LogP contribution in [0.2, 0.25) is 0 Å². The molecule has 2 rings (SSSR count). The monoisotopic (exact) mass is 692 g/mol. The molecule has 2 saturated heterocycles. The van der Waals surface area contributed by atoms with Gasteiger partial charge in [0.05, 0.1) is 5.92 Å². The van der Waals surface area contributed by atoms with Gasteiger partial charge in [0.2, 0.25) is 12.1 Å². The predicted molar refractivity (Wildman–Crippen MR) is 150 cm³/mol. The SMILES string of the molecule is CC(=O)OC[C@@H]1[C@@H](COC(C)=O)O[C@@](COC(C)=O)(O[C@H]2O[C@H](COC(C)=O)[C@@H](OC(C)=O)[C@H](OC(C)=O)[C@H]2OC(C)=O)[C@H]1OC(C)=O. The zero-order valence-corrected chi connectivity index (χ0v) is 27.7. The van der Waals surface area contributed by atoms with Crippen molar-refractivity contribution in [3.8, 4) is 0 Å². The molecule has 2 fully saturated rings. The second kappa shape index (κ2) is 17.7. The second-order valence-electron chi connectivity index (χ2n) is 10.7. The maximum Gasteiger partial charge on any atom is 0.303 e. The molecule has 2 aliphatic heterocycles. The summed E-state index contributed by atoms with van der Waals surface area (Å²) in [7, 11) is 0. The summed E-state index contributed by atoms with van der Waals surface area (Å²) in [6, 6.07) is 0. The zero-order valence-electron chi connectivity index (χ0n) is 27.7. The molecule has 0 radical (unpaired) electrons. The van der Waals surface area contributed by atoms with Crippen molar-refractivity contribution in [2.45, 2.75) is 104 Å². The summed E-state index contributed by atoms with van der Waals surface area (Å²) in [5, 5.41) is 0. The van der Waals surface area contributed by atoms with Crippen molar-refractivity contribution in [1.82, 2.24) is 0 Å². The Labute approximate surface area is 274 Å². The molecule has 270 valence electrons. The van der Waals surface area contributed by atoms with Crippen LogP contribution in [0.5, 0.6) is 0 Å². The summed E-state index contributed by atoms with van der Waals surface area (Å²) in [5.41, 5.74) is 0. The Morgan fingerprint density at radius 1 is 0.500 bits per heavy atom. The van der Waals surface area contributed by atoms with Crippen molar-refractivity contribution >= 4 is 47.8 Å². The first-order valence-corrected chi connectivity index (χ1v) is 14.6. The minimum atomic E-state index is -2.39. The predicted octanol–water partition coefficient (Wildman–Crippen LogP) is -0.582. The van der Waals surface area contributed by atoms with Crippen molar-refractivity contribution in [1.29, 1.82) is 0 Å². The van der Waals surface area contributed by atoms with Crippen LogP contribution >= 0.6 is 0 Å². The third-order valence-corrected chi connectivity index (χ3v) is 6.61. The molecule has 19 nitrogen and oxygen atoms in total. The summed E-state index contributed by atoms with van der Waals surface area (Å²) in [6.45, 7) is 6.00. The lowest BCUT2D eigenvalue weighted by Gasteiger charge is -2.46. The van der Waals surface area contributed by atoms with Crippen LogP contribution in [0.4, 0.5) is 0 Å². The number of carbonyl (C=O) groups is 8. The van der Waals surface area contributed by atoms with Crippen LogP contribution in [0, 0.1) is 5.92 Å². The van der Waals surface area contributed by atoms with Crippen LogP contribution in [-0.4, -0.2) is 123 Å². The molecule has 2 aliphatic rings. The largest absolute Gasteiger partial charge is 0.465 e. The number of hydrogen-bond donors (Lipinski definition) is 0. The van der Waals surface area contributed by atoms with Crippen molar-refractivity contribution in [3.63, 3.8) is 0 Å². The van der Waals surface area contributed by atoms with Crippen molar-refractivity contribution in [2.24, 2.45) is 5.92 Å². The van der Waals surface area contributed by atoms with Gasteiger partial charge in [-0.25, -0.2) is 0 Å². The Morgan fingerprint density at radius 3 is 1.42 bits per heavy atom. The van der Waals surface area contributed by atoms with E-state index in [4.69, 9.17) is 52.1 Å². The van der Waals surface area contributed by atoms with Crippen molar-refractivity contribution in [3.05, 3.63) is 0 Å². The topological polar surface area (TPSA) is 238 Å². The summed E-state index contributed by atoms with van der Waals surface area (Å²) < 4.78 is 60.8. The minimum absolute atomic E-state index is 0.483. The van der Waals surface area contributed by atoms with Gasteiger partial charge in [0.15, 0.2) is 24.4 Å². The summed E-state index contributed by atoms with van der Waals surface area (Å²) in [6.07, 6.45) is -11.2. The van der Waals surface area contributed by atoms with Crippen LogP contribution in [0.25, 0.3) is 0 Å². The summed E-state index contributed by atoms with van der Waals surface area (Å²) >= 11 is 0. The lowest BCUT2D eigenvalue weighted by atomic mass is 9.94. The van der Waals surface area contributed by atoms with E-state index in [0.29, 0.717) is 0 Å². The van der Waals surface area contributed by atoms with E-state index in [1.165, 1.54) is 0 Å². The fourth-order valence-electron chi connectivity index (χ4n) is 4.98. The maximum atomic E-state index is 12.4. The molecule has 0 N–H and O–H groups in total. The molecule has 0 bridgehead atoms. The molecule has 0 saturated carbocycles. The van der Waals surface area contributed by atoms with Crippen LogP contribution in [0.1, 0.15) is 55.4 Å². The molecule has 9 atom stereocenters. The average molecular weight is 693 g/mol. The Bertz CT molecular complexity index is 1230. The van der Waals surface area contributed by atoms with Crippen LogP contribution < -0.4 is 0 Å². The standard InChI is InChI=1S/C29H40O19/c1-13(30)38-9-21-22(10-39-14(2)31)47-29(12-41-16(4)33,27(21)45-20(8)37)48-28-26(44-19(7)36)25(43-18(6)35)24(42-17(5)34)23(46-28)11-40-15(3)32/h21-28H,9-12H2,1-8H3/t21-,22-,23-,24-,25+,26-,27+,28-,29+/m1/s1. The lowest BCUT2D eigenvalue weighted by molar-refractivity contribution is -0.384. The minimum Gasteiger partial charge on any atom is -0.465 e. The van der Waals surface area contributed by atoms with Crippen LogP contribution in [0.3, 0.4) is 0 Å². The molecule has 2 heterocycles. The lowest BCUT2D eigenvalue weighted by Crippen LogP contribution is -2.65. The molecule has 48 heavy (non-hydrogen) atoms. The van der Waals surface area contributed by atoms with Gasteiger partial charge in [-0.15, -0.1) is 0 Å². The highest BCUT2D eigenvalue weighted by Crippen LogP contribution is 2.43. The molecule has 0 aromatic carbocycles. The molecule has 0 amide bonds. The van der Waals surface area contributed by atoms with Gasteiger partial charge in [0, 0.05) is 55.4 Å².